The molecule has 15 heavy (non-hydrogen) atoms. The van der Waals surface area contributed by atoms with Gasteiger partial charge in [0.15, 0.2) is 0 Å². The largest absolute Gasteiger partial charge is 0.491 e. The Bertz CT molecular complexity index is 380. The SMILES string of the molecule is OB(O)c1cc(Cl)cc(C(F)(F)F)c1F. The van der Waals surface area contributed by atoms with Gasteiger partial charge in [0.1, 0.15) is 5.82 Å². The molecule has 0 amide bonds. The number of hydrogen-bond donors (Lipinski definition) is 2. The Labute approximate surface area is 87.2 Å². The molecule has 0 bridgehead atoms. The molecule has 1 rings (SSSR count). The first-order chi connectivity index (χ1) is 6.73. The van der Waals surface area contributed by atoms with Crippen LogP contribution in [0.1, 0.15) is 5.56 Å². The second kappa shape index (κ2) is 4.00. The predicted octanol–water partition coefficient (Wildman–Crippen LogP) is 1.18. The van der Waals surface area contributed by atoms with E-state index in [0.29, 0.717) is 6.07 Å². The van der Waals surface area contributed by atoms with Gasteiger partial charge in [-0.1, -0.05) is 11.6 Å². The Kier molecular flexibility index (Phi) is 3.27. The van der Waals surface area contributed by atoms with Crippen molar-refractivity contribution in [3.05, 3.63) is 28.5 Å². The highest BCUT2D eigenvalue weighted by Gasteiger charge is 2.37. The lowest BCUT2D eigenvalue weighted by atomic mass is 9.79. The van der Waals surface area contributed by atoms with E-state index < -0.39 is 35.2 Å². The van der Waals surface area contributed by atoms with E-state index in [-0.39, 0.29) is 0 Å². The van der Waals surface area contributed by atoms with Crippen LogP contribution in [0.5, 0.6) is 0 Å². The van der Waals surface area contributed by atoms with Crippen LogP contribution in [0, 0.1) is 5.82 Å². The molecule has 0 spiro atoms. The summed E-state index contributed by atoms with van der Waals surface area (Å²) in [7, 11) is -2.34. The molecular formula is C7H4BClF4O2. The van der Waals surface area contributed by atoms with Gasteiger partial charge in [-0.05, 0) is 12.1 Å². The van der Waals surface area contributed by atoms with Crippen LogP contribution >= 0.6 is 11.6 Å². The molecule has 8 heteroatoms. The van der Waals surface area contributed by atoms with Gasteiger partial charge in [-0.15, -0.1) is 0 Å². The molecule has 2 N–H and O–H groups in total. The van der Waals surface area contributed by atoms with Crippen LogP contribution in [0.2, 0.25) is 5.02 Å². The van der Waals surface area contributed by atoms with Gasteiger partial charge in [0.2, 0.25) is 0 Å². The fourth-order valence-corrected chi connectivity index (χ4v) is 1.23. The Balaban J connectivity index is 3.42. The smallest absolute Gasteiger partial charge is 0.423 e. The highest BCUT2D eigenvalue weighted by molar-refractivity contribution is 6.59. The van der Waals surface area contributed by atoms with Gasteiger partial charge in [0.25, 0.3) is 0 Å². The van der Waals surface area contributed by atoms with Crippen molar-refractivity contribution in [3.63, 3.8) is 0 Å². The molecule has 0 aliphatic rings. The van der Waals surface area contributed by atoms with E-state index in [9.17, 15) is 17.6 Å². The zero-order valence-corrected chi connectivity index (χ0v) is 7.77. The van der Waals surface area contributed by atoms with Gasteiger partial charge in [0, 0.05) is 10.5 Å². The molecule has 2 nitrogen and oxygen atoms in total. The molecule has 0 saturated heterocycles. The minimum absolute atomic E-state index is 0.378. The first kappa shape index (κ1) is 12.3. The van der Waals surface area contributed by atoms with Gasteiger partial charge >= 0.3 is 13.3 Å². The van der Waals surface area contributed by atoms with E-state index in [0.717, 1.165) is 6.07 Å². The maximum atomic E-state index is 13.1. The fourth-order valence-electron chi connectivity index (χ4n) is 1.00. The van der Waals surface area contributed by atoms with Crippen molar-refractivity contribution in [1.82, 2.24) is 0 Å². The minimum atomic E-state index is -4.93. The maximum absolute atomic E-state index is 13.1. The molecule has 0 aliphatic carbocycles. The summed E-state index contributed by atoms with van der Waals surface area (Å²) in [5.74, 6) is -1.73. The lowest BCUT2D eigenvalue weighted by molar-refractivity contribution is -0.139. The van der Waals surface area contributed by atoms with Crippen molar-refractivity contribution in [2.75, 3.05) is 0 Å². The summed E-state index contributed by atoms with van der Waals surface area (Å²) in [6.07, 6.45) is -4.93. The van der Waals surface area contributed by atoms with Gasteiger partial charge in [-0.25, -0.2) is 4.39 Å². The lowest BCUT2D eigenvalue weighted by Crippen LogP contribution is -2.34. The zero-order valence-electron chi connectivity index (χ0n) is 7.02. The fraction of sp³-hybridized carbons (Fsp3) is 0.143. The van der Waals surface area contributed by atoms with Crippen LogP contribution in [0.3, 0.4) is 0 Å². The average molecular weight is 242 g/mol. The number of rotatable bonds is 1. The molecule has 1 aromatic carbocycles. The Hall–Kier alpha value is -0.785. The number of alkyl halides is 3. The number of halogens is 5. The minimum Gasteiger partial charge on any atom is -0.423 e. The molecule has 82 valence electrons. The molecule has 0 radical (unpaired) electrons. The Morgan fingerprint density at radius 2 is 1.73 bits per heavy atom. The Morgan fingerprint density at radius 3 is 2.13 bits per heavy atom. The third-order valence-corrected chi connectivity index (χ3v) is 1.87. The van der Waals surface area contributed by atoms with Crippen LogP contribution in [0.4, 0.5) is 17.6 Å². The quantitative estimate of drug-likeness (QED) is 0.573. The standard InChI is InChI=1S/C7H4BClF4O2/c9-3-1-4(7(11,12)13)6(10)5(2-3)8(14)15/h1-2,14-15H. The van der Waals surface area contributed by atoms with Crippen molar-refractivity contribution in [2.45, 2.75) is 6.18 Å². The lowest BCUT2D eigenvalue weighted by Gasteiger charge is -2.11. The van der Waals surface area contributed by atoms with Crippen molar-refractivity contribution in [2.24, 2.45) is 0 Å². The summed E-state index contributed by atoms with van der Waals surface area (Å²) in [5.41, 5.74) is -2.53. The van der Waals surface area contributed by atoms with Gasteiger partial charge in [-0.3, -0.25) is 0 Å². The summed E-state index contributed by atoms with van der Waals surface area (Å²) < 4.78 is 49.7. The van der Waals surface area contributed by atoms with Crippen LogP contribution < -0.4 is 5.46 Å². The molecule has 0 aliphatic heterocycles. The molecular weight excluding hydrogens is 238 g/mol. The maximum Gasteiger partial charge on any atom is 0.491 e. The number of hydrogen-bond acceptors (Lipinski definition) is 2. The summed E-state index contributed by atoms with van der Waals surface area (Å²) >= 11 is 5.28. The van der Waals surface area contributed by atoms with Crippen molar-refractivity contribution < 1.29 is 27.6 Å². The monoisotopic (exact) mass is 242 g/mol. The topological polar surface area (TPSA) is 40.5 Å². The van der Waals surface area contributed by atoms with Crippen LogP contribution in [-0.4, -0.2) is 17.2 Å². The summed E-state index contributed by atoms with van der Waals surface area (Å²) in [6, 6.07) is 1.10. The van der Waals surface area contributed by atoms with E-state index in [4.69, 9.17) is 21.6 Å². The summed E-state index contributed by atoms with van der Waals surface area (Å²) in [6.45, 7) is 0. The van der Waals surface area contributed by atoms with Crippen LogP contribution in [0.25, 0.3) is 0 Å². The first-order valence-corrected chi connectivity index (χ1v) is 4.03. The molecule has 0 aromatic heterocycles. The molecule has 0 heterocycles. The van der Waals surface area contributed by atoms with Crippen LogP contribution in [0.15, 0.2) is 12.1 Å². The van der Waals surface area contributed by atoms with Crippen molar-refractivity contribution in [3.8, 4) is 0 Å². The number of benzene rings is 1. The van der Waals surface area contributed by atoms with Crippen molar-refractivity contribution in [1.29, 1.82) is 0 Å². The van der Waals surface area contributed by atoms with E-state index in [2.05, 4.69) is 0 Å². The Morgan fingerprint density at radius 1 is 1.20 bits per heavy atom. The molecule has 0 unspecified atom stereocenters. The van der Waals surface area contributed by atoms with Crippen LogP contribution in [-0.2, 0) is 6.18 Å². The second-order valence-electron chi connectivity index (χ2n) is 2.73. The third-order valence-electron chi connectivity index (χ3n) is 1.65. The highest BCUT2D eigenvalue weighted by Crippen LogP contribution is 2.32. The summed E-state index contributed by atoms with van der Waals surface area (Å²) in [5, 5.41) is 16.8. The molecule has 0 saturated carbocycles. The van der Waals surface area contributed by atoms with Gasteiger partial charge in [0.05, 0.1) is 5.56 Å². The predicted molar refractivity (Wildman–Crippen MR) is 46.2 cm³/mol. The average Bonchev–Trinajstić information content (AvgIpc) is 2.06. The second-order valence-corrected chi connectivity index (χ2v) is 3.16. The molecule has 0 atom stereocenters. The summed E-state index contributed by atoms with van der Waals surface area (Å²) in [4.78, 5) is 0. The van der Waals surface area contributed by atoms with E-state index >= 15 is 0 Å². The van der Waals surface area contributed by atoms with Gasteiger partial charge in [-0.2, -0.15) is 13.2 Å². The third kappa shape index (κ3) is 2.61. The van der Waals surface area contributed by atoms with E-state index in [1.165, 1.54) is 0 Å². The molecule has 1 aromatic rings. The van der Waals surface area contributed by atoms with E-state index in [1.807, 2.05) is 0 Å². The van der Waals surface area contributed by atoms with Crippen molar-refractivity contribution >= 4 is 24.2 Å². The molecule has 0 fully saturated rings. The van der Waals surface area contributed by atoms with Gasteiger partial charge < -0.3 is 10.0 Å². The van der Waals surface area contributed by atoms with E-state index in [1.54, 1.807) is 0 Å². The first-order valence-electron chi connectivity index (χ1n) is 3.65. The zero-order chi connectivity index (χ0) is 11.8. The normalized spacial score (nSPS) is 11.7. The highest BCUT2D eigenvalue weighted by atomic mass is 35.5.